The maximum atomic E-state index is 6.00. The van der Waals surface area contributed by atoms with Crippen LogP contribution in [0.5, 0.6) is 5.75 Å². The summed E-state index contributed by atoms with van der Waals surface area (Å²) in [6.07, 6.45) is 1.06. The topological polar surface area (TPSA) is 21.3 Å². The van der Waals surface area contributed by atoms with E-state index in [4.69, 9.17) is 4.74 Å². The maximum absolute atomic E-state index is 6.00. The van der Waals surface area contributed by atoms with Crippen LogP contribution in [-0.4, -0.2) is 13.1 Å². The third-order valence-electron chi connectivity index (χ3n) is 3.98. The zero-order valence-electron chi connectivity index (χ0n) is 12.2. The predicted molar refractivity (Wildman–Crippen MR) is 89.9 cm³/mol. The molecule has 1 aliphatic rings. The van der Waals surface area contributed by atoms with Gasteiger partial charge in [0.2, 0.25) is 0 Å². The molecule has 0 aromatic heterocycles. The number of halogens is 1. The van der Waals surface area contributed by atoms with E-state index in [-0.39, 0.29) is 0 Å². The molecule has 0 unspecified atom stereocenters. The van der Waals surface area contributed by atoms with Gasteiger partial charge in [-0.05, 0) is 63.6 Å². The standard InChI is InChI=1S/C18H20BrNO/c1-13-11-20-8-7-15-9-18(17(19)10-16(13)15)21-12-14-5-3-2-4-6-14/h2-6,9-10,13,20H,7-8,11-12H2,1H3/t13-/m1/s1. The summed E-state index contributed by atoms with van der Waals surface area (Å²) in [4.78, 5) is 0. The van der Waals surface area contributed by atoms with Crippen LogP contribution in [0, 0.1) is 0 Å². The van der Waals surface area contributed by atoms with Crippen LogP contribution in [0.3, 0.4) is 0 Å². The first-order chi connectivity index (χ1) is 10.2. The Kier molecular flexibility index (Phi) is 4.61. The quantitative estimate of drug-likeness (QED) is 0.896. The second-order valence-electron chi connectivity index (χ2n) is 5.61. The Bertz CT molecular complexity index is 612. The molecule has 2 nitrogen and oxygen atoms in total. The summed E-state index contributed by atoms with van der Waals surface area (Å²) in [5.74, 6) is 1.48. The molecule has 1 N–H and O–H groups in total. The summed E-state index contributed by atoms with van der Waals surface area (Å²) >= 11 is 3.66. The van der Waals surface area contributed by atoms with Crippen LogP contribution in [0.2, 0.25) is 0 Å². The van der Waals surface area contributed by atoms with Crippen LogP contribution < -0.4 is 10.1 Å². The second-order valence-corrected chi connectivity index (χ2v) is 6.47. The fourth-order valence-electron chi connectivity index (χ4n) is 2.78. The molecule has 2 aromatic rings. The van der Waals surface area contributed by atoms with Gasteiger partial charge in [-0.2, -0.15) is 0 Å². The molecule has 3 heteroatoms. The zero-order chi connectivity index (χ0) is 14.7. The molecule has 0 spiro atoms. The van der Waals surface area contributed by atoms with Crippen molar-refractivity contribution in [2.45, 2.75) is 25.9 Å². The molecule has 0 radical (unpaired) electrons. The van der Waals surface area contributed by atoms with Crippen molar-refractivity contribution in [3.05, 3.63) is 63.6 Å². The molecule has 0 bridgehead atoms. The first-order valence-corrected chi connectivity index (χ1v) is 8.23. The van der Waals surface area contributed by atoms with E-state index in [2.05, 4.69) is 52.4 Å². The Hall–Kier alpha value is -1.32. The molecule has 1 atom stereocenters. The van der Waals surface area contributed by atoms with Gasteiger partial charge in [-0.3, -0.25) is 0 Å². The molecule has 0 amide bonds. The largest absolute Gasteiger partial charge is 0.488 e. The third-order valence-corrected chi connectivity index (χ3v) is 4.60. The molecule has 110 valence electrons. The minimum Gasteiger partial charge on any atom is -0.488 e. The van der Waals surface area contributed by atoms with Gasteiger partial charge in [0.25, 0.3) is 0 Å². The molecule has 1 aliphatic heterocycles. The van der Waals surface area contributed by atoms with Gasteiger partial charge < -0.3 is 10.1 Å². The van der Waals surface area contributed by atoms with Gasteiger partial charge in [-0.25, -0.2) is 0 Å². The molecule has 1 heterocycles. The minimum absolute atomic E-state index is 0.543. The number of hydrogen-bond donors (Lipinski definition) is 1. The van der Waals surface area contributed by atoms with Crippen molar-refractivity contribution in [3.8, 4) is 5.75 Å². The van der Waals surface area contributed by atoms with Gasteiger partial charge in [0.15, 0.2) is 0 Å². The van der Waals surface area contributed by atoms with Crippen molar-refractivity contribution >= 4 is 15.9 Å². The highest BCUT2D eigenvalue weighted by atomic mass is 79.9. The van der Waals surface area contributed by atoms with Crippen LogP contribution in [0.25, 0.3) is 0 Å². The van der Waals surface area contributed by atoms with E-state index in [0.717, 1.165) is 29.7 Å². The molecular weight excluding hydrogens is 326 g/mol. The monoisotopic (exact) mass is 345 g/mol. The van der Waals surface area contributed by atoms with E-state index in [0.29, 0.717) is 12.5 Å². The number of ether oxygens (including phenoxy) is 1. The number of nitrogens with one attached hydrogen (secondary N) is 1. The molecule has 21 heavy (non-hydrogen) atoms. The fourth-order valence-corrected chi connectivity index (χ4v) is 3.26. The van der Waals surface area contributed by atoms with Gasteiger partial charge in [0.05, 0.1) is 4.47 Å². The van der Waals surface area contributed by atoms with E-state index in [1.54, 1.807) is 0 Å². The first-order valence-electron chi connectivity index (χ1n) is 7.44. The van der Waals surface area contributed by atoms with E-state index in [1.807, 2.05) is 18.2 Å². The average molecular weight is 346 g/mol. The van der Waals surface area contributed by atoms with Crippen LogP contribution in [0.1, 0.15) is 29.5 Å². The molecule has 0 fully saturated rings. The van der Waals surface area contributed by atoms with E-state index >= 15 is 0 Å². The lowest BCUT2D eigenvalue weighted by Gasteiger charge is -2.16. The summed E-state index contributed by atoms with van der Waals surface area (Å²) in [7, 11) is 0. The Balaban J connectivity index is 1.81. The summed E-state index contributed by atoms with van der Waals surface area (Å²) < 4.78 is 7.04. The van der Waals surface area contributed by atoms with Crippen molar-refractivity contribution in [3.63, 3.8) is 0 Å². The first kappa shape index (κ1) is 14.6. The van der Waals surface area contributed by atoms with Crippen LogP contribution in [0.4, 0.5) is 0 Å². The molecule has 2 aromatic carbocycles. The molecular formula is C18H20BrNO. The molecule has 0 saturated heterocycles. The van der Waals surface area contributed by atoms with Crippen molar-refractivity contribution in [2.24, 2.45) is 0 Å². The van der Waals surface area contributed by atoms with Crippen molar-refractivity contribution in [1.29, 1.82) is 0 Å². The normalized spacial score (nSPS) is 17.9. The number of fused-ring (bicyclic) bond motifs is 1. The van der Waals surface area contributed by atoms with Crippen molar-refractivity contribution in [1.82, 2.24) is 5.32 Å². The Morgan fingerprint density at radius 2 is 2.05 bits per heavy atom. The Labute approximate surface area is 134 Å². The summed E-state index contributed by atoms with van der Waals surface area (Å²) in [5, 5.41) is 3.48. The lowest BCUT2D eigenvalue weighted by molar-refractivity contribution is 0.304. The van der Waals surface area contributed by atoms with Crippen LogP contribution in [0.15, 0.2) is 46.9 Å². The lowest BCUT2D eigenvalue weighted by Crippen LogP contribution is -2.18. The highest BCUT2D eigenvalue weighted by molar-refractivity contribution is 9.10. The summed E-state index contributed by atoms with van der Waals surface area (Å²) in [5.41, 5.74) is 4.02. The summed E-state index contributed by atoms with van der Waals surface area (Å²) in [6.45, 7) is 4.96. The van der Waals surface area contributed by atoms with Gasteiger partial charge in [0, 0.05) is 6.54 Å². The van der Waals surface area contributed by atoms with E-state index < -0.39 is 0 Å². The van der Waals surface area contributed by atoms with Crippen LogP contribution in [-0.2, 0) is 13.0 Å². The van der Waals surface area contributed by atoms with Crippen LogP contribution >= 0.6 is 15.9 Å². The lowest BCUT2D eigenvalue weighted by atomic mass is 9.95. The highest BCUT2D eigenvalue weighted by Gasteiger charge is 2.17. The highest BCUT2D eigenvalue weighted by Crippen LogP contribution is 2.33. The maximum Gasteiger partial charge on any atom is 0.134 e. The van der Waals surface area contributed by atoms with Gasteiger partial charge in [-0.1, -0.05) is 37.3 Å². The zero-order valence-corrected chi connectivity index (χ0v) is 13.8. The van der Waals surface area contributed by atoms with E-state index in [9.17, 15) is 0 Å². The summed E-state index contributed by atoms with van der Waals surface area (Å²) in [6, 6.07) is 14.7. The fraction of sp³-hybridized carbons (Fsp3) is 0.333. The second kappa shape index (κ2) is 6.63. The van der Waals surface area contributed by atoms with Gasteiger partial charge in [0.1, 0.15) is 12.4 Å². The Morgan fingerprint density at radius 1 is 1.24 bits per heavy atom. The third kappa shape index (κ3) is 3.47. The van der Waals surface area contributed by atoms with Crippen molar-refractivity contribution in [2.75, 3.05) is 13.1 Å². The van der Waals surface area contributed by atoms with Gasteiger partial charge >= 0.3 is 0 Å². The molecule has 0 aliphatic carbocycles. The number of hydrogen-bond acceptors (Lipinski definition) is 2. The minimum atomic E-state index is 0.543. The predicted octanol–water partition coefficient (Wildman–Crippen LogP) is 4.28. The van der Waals surface area contributed by atoms with E-state index in [1.165, 1.54) is 16.7 Å². The Morgan fingerprint density at radius 3 is 2.86 bits per heavy atom. The van der Waals surface area contributed by atoms with Gasteiger partial charge in [-0.15, -0.1) is 0 Å². The smallest absolute Gasteiger partial charge is 0.134 e. The molecule has 3 rings (SSSR count). The van der Waals surface area contributed by atoms with Crippen molar-refractivity contribution < 1.29 is 4.74 Å². The SMILES string of the molecule is C[C@@H]1CNCCc2cc(OCc3ccccc3)c(Br)cc21. The average Bonchev–Trinajstić information content (AvgIpc) is 2.68. The number of rotatable bonds is 3. The number of benzene rings is 2. The molecule has 0 saturated carbocycles.